The summed E-state index contributed by atoms with van der Waals surface area (Å²) in [4.78, 5) is 271. The zero-order chi connectivity index (χ0) is 84.3. The zero-order valence-electron chi connectivity index (χ0n) is 64.1. The van der Waals surface area contributed by atoms with Crippen LogP contribution in [0.2, 0.25) is 0 Å². The number of aromatic nitrogens is 1. The van der Waals surface area contributed by atoms with E-state index in [9.17, 15) is 91.7 Å². The van der Waals surface area contributed by atoms with Crippen molar-refractivity contribution in [2.45, 2.75) is 213 Å². The van der Waals surface area contributed by atoms with E-state index >= 15 is 0 Å². The number of fused-ring (bicyclic) bond motifs is 1. The molecule has 1 saturated heterocycles. The second-order valence-electron chi connectivity index (χ2n) is 27.8. The maximum Gasteiger partial charge on any atom is 0.373 e. The highest BCUT2D eigenvalue weighted by atomic mass is 16.5. The van der Waals surface area contributed by atoms with Crippen LogP contribution in [0, 0.1) is 35.5 Å². The molecule has 4 rings (SSSR count). The molecule has 36 nitrogen and oxygen atoms in total. The first-order valence-corrected chi connectivity index (χ1v) is 36.9. The van der Waals surface area contributed by atoms with Crippen molar-refractivity contribution in [2.75, 3.05) is 32.0 Å². The number of carboxylic acid groups (broad SMARTS) is 1. The number of carboxylic acids is 1. The summed E-state index contributed by atoms with van der Waals surface area (Å²) in [7, 11) is 0. The number of hydrogen-bond acceptors (Lipinski definition) is 25. The van der Waals surface area contributed by atoms with Crippen LogP contribution >= 0.6 is 0 Å². The topological polar surface area (TPSA) is 598 Å². The van der Waals surface area contributed by atoms with Crippen molar-refractivity contribution in [2.24, 2.45) is 47.0 Å². The number of carbonyl (C=O) groups excluding carboxylic acids is 20. The van der Waals surface area contributed by atoms with Gasteiger partial charge in [0.15, 0.2) is 23.1 Å². The van der Waals surface area contributed by atoms with Crippen LogP contribution in [0.1, 0.15) is 180 Å². The number of H-pyrrole nitrogens is 1. The molecule has 0 aliphatic carbocycles. The third-order valence-corrected chi connectivity index (χ3v) is 18.6. The first-order valence-electron chi connectivity index (χ1n) is 36.9. The van der Waals surface area contributed by atoms with E-state index < -0.39 is 237 Å². The van der Waals surface area contributed by atoms with Gasteiger partial charge in [0.2, 0.25) is 53.2 Å². The minimum atomic E-state index is -2.02. The first kappa shape index (κ1) is 96.7. The molecule has 0 bridgehead atoms. The number of nitrogen functional groups attached to an aromatic ring is 1. The third kappa shape index (κ3) is 34.7. The number of aliphatic hydroxyl groups excluding tert-OH is 1. The molecule has 1 fully saturated rings. The molecular formula is C76H106N12O24. The van der Waals surface area contributed by atoms with Gasteiger partial charge in [0.1, 0.15) is 41.8 Å². The number of Topliss-reactive ketones (excluding diaryl/α,β-unsaturated/α-hetero) is 6. The molecule has 17 N–H and O–H groups in total. The number of primary amides is 1. The number of unbranched alkanes of at least 4 members (excludes halogenated alkanes) is 6. The minimum Gasteiger partial charge on any atom is -0.481 e. The third-order valence-electron chi connectivity index (χ3n) is 18.6. The average Bonchev–Trinajstić information content (AvgIpc) is 1.56. The van der Waals surface area contributed by atoms with E-state index in [1.807, 2.05) is 12.1 Å². The number of aromatic amines is 1. The zero-order valence-corrected chi connectivity index (χ0v) is 64.1. The summed E-state index contributed by atoms with van der Waals surface area (Å²) >= 11 is 0. The fraction of sp³-hybridized carbons (Fsp3) is 0.566. The van der Waals surface area contributed by atoms with E-state index in [-0.39, 0.29) is 68.0 Å². The number of nitrogens with two attached hydrogens (primary N) is 3. The second kappa shape index (κ2) is 51.2. The highest BCUT2D eigenvalue weighted by Gasteiger charge is 2.40. The monoisotopic (exact) mass is 1570 g/mol. The maximum atomic E-state index is 14.9. The van der Waals surface area contributed by atoms with E-state index in [2.05, 4.69) is 54.4 Å². The van der Waals surface area contributed by atoms with Gasteiger partial charge in [-0.3, -0.25) is 76.7 Å². The van der Waals surface area contributed by atoms with Crippen LogP contribution < -0.4 is 59.7 Å². The van der Waals surface area contributed by atoms with Gasteiger partial charge in [-0.15, -0.1) is 0 Å². The summed E-state index contributed by atoms with van der Waals surface area (Å²) in [5.74, 6) is -25.1. The van der Waals surface area contributed by atoms with E-state index in [0.29, 0.717) is 12.0 Å². The number of cyclic esters (lactones) is 1. The van der Waals surface area contributed by atoms with Gasteiger partial charge in [0.05, 0.1) is 50.5 Å². The summed E-state index contributed by atoms with van der Waals surface area (Å²) in [5, 5.41) is 40.5. The Bertz CT molecular complexity index is 3830. The first-order chi connectivity index (χ1) is 53.0. The summed E-state index contributed by atoms with van der Waals surface area (Å²) in [6, 6.07) is 3.40. The molecule has 614 valence electrons. The highest BCUT2D eigenvalue weighted by Crippen LogP contribution is 2.27. The maximum absolute atomic E-state index is 14.9. The van der Waals surface area contributed by atoms with Crippen LogP contribution in [0.5, 0.6) is 0 Å². The molecule has 0 radical (unpaired) electrons. The average molecular weight is 1570 g/mol. The molecule has 1 aliphatic rings. The number of para-hydroxylation sites is 2. The molecule has 1 aromatic heterocycles. The SMILES string of the molecule is CCCCCCCCCC(=O)CC(Cc1c[nH]c2ccccc12)C(=O)NC(CC(N)=O)C(=O)CC(CC(=O)O)C(=O)CC1C(=O)NCC(=O)NC(CCCN)C(=O)CC(C)C(=O)NC(C)C(=O)NC(C)C(=O)NCC(=O)NC(CO)C(=O)CC(C(C)C)C(=O)NC(CC(=O)c2ccccc2N)C(=O)OC1C.O=C=O.O=C=O. The summed E-state index contributed by atoms with van der Waals surface area (Å²) < 4.78 is 5.85. The van der Waals surface area contributed by atoms with Crippen molar-refractivity contribution in [1.29, 1.82) is 0 Å². The Morgan fingerprint density at radius 3 is 1.79 bits per heavy atom. The van der Waals surface area contributed by atoms with Gasteiger partial charge in [0.25, 0.3) is 0 Å². The predicted molar refractivity (Wildman–Crippen MR) is 396 cm³/mol. The lowest BCUT2D eigenvalue weighted by atomic mass is 9.84. The number of ether oxygens (including phenoxy) is 1. The van der Waals surface area contributed by atoms with Crippen LogP contribution in [0.3, 0.4) is 0 Å². The van der Waals surface area contributed by atoms with Gasteiger partial charge in [0, 0.05) is 97.0 Å². The van der Waals surface area contributed by atoms with Crippen LogP contribution in [0.4, 0.5) is 5.69 Å². The Morgan fingerprint density at radius 2 is 1.20 bits per heavy atom. The fourth-order valence-corrected chi connectivity index (χ4v) is 12.2. The summed E-state index contributed by atoms with van der Waals surface area (Å²) in [5.41, 5.74) is 18.8. The van der Waals surface area contributed by atoms with Crippen molar-refractivity contribution in [3.63, 3.8) is 0 Å². The minimum absolute atomic E-state index is 0.0124. The van der Waals surface area contributed by atoms with Gasteiger partial charge in [-0.1, -0.05) is 96.6 Å². The summed E-state index contributed by atoms with van der Waals surface area (Å²) in [6.07, 6.45) is 0.483. The second-order valence-corrected chi connectivity index (χ2v) is 27.8. The number of aliphatic carboxylic acids is 1. The molecule has 2 heterocycles. The van der Waals surface area contributed by atoms with Crippen molar-refractivity contribution < 1.29 is 116 Å². The lowest BCUT2D eigenvalue weighted by Gasteiger charge is -2.28. The van der Waals surface area contributed by atoms with Crippen molar-refractivity contribution >= 4 is 129 Å². The smallest absolute Gasteiger partial charge is 0.373 e. The van der Waals surface area contributed by atoms with E-state index in [1.54, 1.807) is 18.3 Å². The summed E-state index contributed by atoms with van der Waals surface area (Å²) in [6.45, 7) is 7.37. The highest BCUT2D eigenvalue weighted by molar-refractivity contribution is 6.05. The molecule has 112 heavy (non-hydrogen) atoms. The number of nitrogens with one attached hydrogen (secondary N) is 9. The number of esters is 1. The largest absolute Gasteiger partial charge is 0.481 e. The molecule has 36 heteroatoms. The van der Waals surface area contributed by atoms with Crippen molar-refractivity contribution in [3.8, 4) is 0 Å². The molecule has 12 unspecified atom stereocenters. The predicted octanol–water partition coefficient (Wildman–Crippen LogP) is 0.300. The number of aliphatic hydroxyl groups is 1. The number of ketones is 6. The van der Waals surface area contributed by atoms with E-state index in [1.165, 1.54) is 58.9 Å². The van der Waals surface area contributed by atoms with Crippen molar-refractivity contribution in [3.05, 3.63) is 65.9 Å². The molecule has 2 aromatic carbocycles. The quantitative estimate of drug-likeness (QED) is 0.0173. The van der Waals surface area contributed by atoms with Gasteiger partial charge in [-0.25, -0.2) is 4.79 Å². The molecule has 9 amide bonds. The molecule has 3 aromatic rings. The Morgan fingerprint density at radius 1 is 0.625 bits per heavy atom. The van der Waals surface area contributed by atoms with E-state index in [0.717, 1.165) is 56.4 Å². The number of hydrogen-bond donors (Lipinski definition) is 14. The Hall–Kier alpha value is -11.4. The van der Waals surface area contributed by atoms with Crippen LogP contribution in [-0.4, -0.2) is 196 Å². The molecular weight excluding hydrogens is 1460 g/mol. The number of carbonyl (C=O) groups is 17. The fourth-order valence-electron chi connectivity index (χ4n) is 12.2. The molecule has 0 spiro atoms. The number of rotatable bonds is 32. The normalized spacial score (nSPS) is 21.1. The number of amides is 9. The molecule has 0 saturated carbocycles. The number of anilines is 1. The van der Waals surface area contributed by atoms with Gasteiger partial charge in [-0.05, 0) is 82.7 Å². The molecule has 12 atom stereocenters. The van der Waals surface area contributed by atoms with Crippen LogP contribution in [0.25, 0.3) is 10.9 Å². The van der Waals surface area contributed by atoms with Crippen LogP contribution in [0.15, 0.2) is 54.7 Å². The lowest BCUT2D eigenvalue weighted by molar-refractivity contribution is -0.193. The lowest BCUT2D eigenvalue weighted by Crippen LogP contribution is -2.54. The van der Waals surface area contributed by atoms with E-state index in [4.69, 9.17) is 41.1 Å². The molecule has 1 aliphatic heterocycles. The van der Waals surface area contributed by atoms with Gasteiger partial charge in [-0.2, -0.15) is 19.2 Å². The Labute approximate surface area is 647 Å². The van der Waals surface area contributed by atoms with Crippen LogP contribution in [-0.2, 0) is 107 Å². The Balaban J connectivity index is 0.00000686. The van der Waals surface area contributed by atoms with Gasteiger partial charge < -0.3 is 79.7 Å². The number of benzene rings is 2. The van der Waals surface area contributed by atoms with Crippen molar-refractivity contribution in [1.82, 2.24) is 47.5 Å². The Kier molecular flexibility index (Phi) is 44.2. The van der Waals surface area contributed by atoms with Gasteiger partial charge >= 0.3 is 24.2 Å². The standard InChI is InChI=1S/C74H106N12O20.2CO2/c1-8-9-10-11-12-13-14-20-48(88)29-46(28-47-36-78-54-24-18-16-21-49(47)54)71(102)85-56(35-64(77)94)62(92)30-45(31-67(97)98)59(89)33-52-44(7)106-74(105)57(34-60(90)50-22-15-17-23-53(50)76)86-73(104)51(40(2)3)32-63(93)58(39-87)84-66(96)37-79-69(100)42(5)82-70(101)43(6)81-68(99)41(4)27-61(91)55(25-19-26-75)83-65(95)38-80-72(52)103;2*2-1-3/h15-18,21-24,36,40-46,51-52,55-58,78,87H,8-14,19-20,25-35,37-39,75-76H2,1-7H3,(H2,77,94)(H,79,100)(H,80,103)(H,81,99)(H,82,101)(H,83,95)(H,84,96)(H,85,102)(H,86,104)(H,97,98);;.